The molecule has 110 valence electrons. The maximum atomic E-state index is 11.8. The lowest BCUT2D eigenvalue weighted by Gasteiger charge is -2.53. The van der Waals surface area contributed by atoms with Crippen LogP contribution in [0.1, 0.15) is 44.9 Å². The van der Waals surface area contributed by atoms with Gasteiger partial charge in [-0.05, 0) is 74.5 Å². The first-order valence-electron chi connectivity index (χ1n) is 8.38. The summed E-state index contributed by atoms with van der Waals surface area (Å²) in [5.41, 5.74) is 5.34. The second-order valence-electron chi connectivity index (χ2n) is 7.80. The zero-order chi connectivity index (χ0) is 13.7. The molecule has 0 aromatic carbocycles. The zero-order valence-electron chi connectivity index (χ0n) is 12.2. The van der Waals surface area contributed by atoms with Crippen molar-refractivity contribution >= 4 is 5.91 Å². The normalized spacial score (nSPS) is 44.0. The molecule has 0 aromatic rings. The van der Waals surface area contributed by atoms with Gasteiger partial charge in [0, 0.05) is 6.54 Å². The summed E-state index contributed by atoms with van der Waals surface area (Å²) >= 11 is 0. The largest absolute Gasteiger partial charge is 0.351 e. The van der Waals surface area contributed by atoms with Gasteiger partial charge in [-0.15, -0.1) is 0 Å². The molecule has 5 fully saturated rings. The summed E-state index contributed by atoms with van der Waals surface area (Å²) in [5, 5.41) is 2.96. The fourth-order valence-electron chi connectivity index (χ4n) is 5.20. The maximum Gasteiger partial charge on any atom is 0.240 e. The van der Waals surface area contributed by atoms with Gasteiger partial charge >= 0.3 is 0 Å². The van der Waals surface area contributed by atoms with Crippen LogP contribution in [0.3, 0.4) is 0 Å². The summed E-state index contributed by atoms with van der Waals surface area (Å²) in [7, 11) is 0. The topological polar surface area (TPSA) is 55.1 Å². The van der Waals surface area contributed by atoms with Crippen molar-refractivity contribution in [3.05, 3.63) is 12.2 Å². The van der Waals surface area contributed by atoms with Gasteiger partial charge in [0.15, 0.2) is 0 Å². The van der Waals surface area contributed by atoms with Crippen molar-refractivity contribution < 1.29 is 4.79 Å². The predicted octanol–water partition coefficient (Wildman–Crippen LogP) is 2.22. The molecule has 1 amide bonds. The highest BCUT2D eigenvalue weighted by Crippen LogP contribution is 2.56. The van der Waals surface area contributed by atoms with Gasteiger partial charge in [-0.1, -0.05) is 12.2 Å². The minimum Gasteiger partial charge on any atom is -0.351 e. The molecule has 5 aliphatic carbocycles. The highest BCUT2D eigenvalue weighted by Gasteiger charge is 2.47. The molecule has 0 spiro atoms. The third-order valence-corrected chi connectivity index (χ3v) is 6.28. The minimum absolute atomic E-state index is 0.0345. The lowest BCUT2D eigenvalue weighted by atomic mass is 9.52. The second kappa shape index (κ2) is 4.59. The molecule has 5 rings (SSSR count). The van der Waals surface area contributed by atoms with Crippen LogP contribution >= 0.6 is 0 Å². The van der Waals surface area contributed by atoms with Gasteiger partial charge in [0.05, 0.1) is 5.54 Å². The van der Waals surface area contributed by atoms with E-state index in [1.54, 1.807) is 0 Å². The lowest BCUT2D eigenvalue weighted by molar-refractivity contribution is -0.123. The van der Waals surface area contributed by atoms with Gasteiger partial charge in [0.1, 0.15) is 0 Å². The average Bonchev–Trinajstić information content (AvgIpc) is 3.15. The Morgan fingerprint density at radius 2 is 1.70 bits per heavy atom. The molecule has 0 aliphatic heterocycles. The van der Waals surface area contributed by atoms with Gasteiger partial charge in [-0.3, -0.25) is 4.79 Å². The molecule has 0 saturated heterocycles. The number of nitrogens with one attached hydrogen (secondary N) is 1. The van der Waals surface area contributed by atoms with Crippen molar-refractivity contribution in [2.45, 2.75) is 50.5 Å². The molecule has 4 bridgehead atoms. The Kier molecular flexibility index (Phi) is 2.95. The van der Waals surface area contributed by atoms with Crippen molar-refractivity contribution in [3.63, 3.8) is 0 Å². The first-order chi connectivity index (χ1) is 9.64. The van der Waals surface area contributed by atoms with E-state index in [0.29, 0.717) is 6.54 Å². The zero-order valence-corrected chi connectivity index (χ0v) is 12.2. The number of carbonyl (C=O) groups excluding carboxylic acids is 1. The van der Waals surface area contributed by atoms with Gasteiger partial charge in [0.25, 0.3) is 0 Å². The SMILES string of the molecule is NC1(C(=O)NC/C=C/C2C3CC4CC(C3)CC2C4)CC1. The van der Waals surface area contributed by atoms with Crippen molar-refractivity contribution in [2.24, 2.45) is 35.3 Å². The van der Waals surface area contributed by atoms with Gasteiger partial charge < -0.3 is 11.1 Å². The summed E-state index contributed by atoms with van der Waals surface area (Å²) in [6.07, 6.45) is 13.6. The summed E-state index contributed by atoms with van der Waals surface area (Å²) in [6, 6.07) is 0. The predicted molar refractivity (Wildman–Crippen MR) is 78.8 cm³/mol. The van der Waals surface area contributed by atoms with E-state index < -0.39 is 5.54 Å². The fraction of sp³-hybridized carbons (Fsp3) is 0.824. The van der Waals surface area contributed by atoms with E-state index in [-0.39, 0.29) is 5.91 Å². The monoisotopic (exact) mass is 274 g/mol. The van der Waals surface area contributed by atoms with Crippen LogP contribution in [0.15, 0.2) is 12.2 Å². The van der Waals surface area contributed by atoms with Crippen LogP contribution in [0.5, 0.6) is 0 Å². The minimum atomic E-state index is -0.531. The number of allylic oxidation sites excluding steroid dienone is 1. The van der Waals surface area contributed by atoms with Crippen LogP contribution in [0.25, 0.3) is 0 Å². The Bertz CT molecular complexity index is 410. The van der Waals surface area contributed by atoms with Crippen LogP contribution in [0, 0.1) is 29.6 Å². The molecule has 0 atom stereocenters. The number of amides is 1. The molecule has 0 radical (unpaired) electrons. The highest BCUT2D eigenvalue weighted by molar-refractivity contribution is 5.89. The standard InChI is InChI=1S/C17H26N2O/c18-17(3-4-17)16(20)19-5-1-2-15-13-7-11-6-12(9-13)10-14(15)8-11/h1-2,11-15H,3-10,18H2,(H,19,20)/b2-1+. The van der Waals surface area contributed by atoms with Crippen LogP contribution in [0.4, 0.5) is 0 Å². The number of hydrogen-bond acceptors (Lipinski definition) is 2. The van der Waals surface area contributed by atoms with Crippen LogP contribution < -0.4 is 11.1 Å². The number of rotatable bonds is 4. The van der Waals surface area contributed by atoms with E-state index in [1.807, 2.05) is 0 Å². The second-order valence-corrected chi connectivity index (χ2v) is 7.80. The molecule has 0 aromatic heterocycles. The van der Waals surface area contributed by atoms with Crippen molar-refractivity contribution in [1.82, 2.24) is 5.32 Å². The molecule has 0 heterocycles. The highest BCUT2D eigenvalue weighted by atomic mass is 16.2. The maximum absolute atomic E-state index is 11.8. The molecule has 5 saturated carbocycles. The molecule has 0 unspecified atom stereocenters. The van der Waals surface area contributed by atoms with E-state index >= 15 is 0 Å². The molecule has 20 heavy (non-hydrogen) atoms. The molecule has 5 aliphatic rings. The Morgan fingerprint density at radius 1 is 1.10 bits per heavy atom. The van der Waals surface area contributed by atoms with E-state index in [9.17, 15) is 4.79 Å². The Hall–Kier alpha value is -0.830. The summed E-state index contributed by atoms with van der Waals surface area (Å²) in [4.78, 5) is 11.8. The smallest absolute Gasteiger partial charge is 0.240 e. The van der Waals surface area contributed by atoms with Crippen LogP contribution in [0.2, 0.25) is 0 Å². The first-order valence-corrected chi connectivity index (χ1v) is 8.38. The van der Waals surface area contributed by atoms with Gasteiger partial charge in [0.2, 0.25) is 5.91 Å². The Balaban J connectivity index is 1.31. The third kappa shape index (κ3) is 2.20. The first kappa shape index (κ1) is 12.9. The van der Waals surface area contributed by atoms with E-state index in [4.69, 9.17) is 5.73 Å². The Morgan fingerprint density at radius 3 is 2.25 bits per heavy atom. The van der Waals surface area contributed by atoms with Crippen LogP contribution in [-0.2, 0) is 4.79 Å². The molecule has 3 heteroatoms. The summed E-state index contributed by atoms with van der Waals surface area (Å²) in [5.74, 6) is 4.76. The third-order valence-electron chi connectivity index (χ3n) is 6.28. The number of nitrogens with two attached hydrogens (primary N) is 1. The quantitative estimate of drug-likeness (QED) is 0.772. The van der Waals surface area contributed by atoms with Crippen molar-refractivity contribution in [1.29, 1.82) is 0 Å². The molecule has 3 nitrogen and oxygen atoms in total. The van der Waals surface area contributed by atoms with Gasteiger partial charge in [-0.25, -0.2) is 0 Å². The van der Waals surface area contributed by atoms with Crippen molar-refractivity contribution in [2.75, 3.05) is 6.54 Å². The fourth-order valence-corrected chi connectivity index (χ4v) is 5.20. The average molecular weight is 274 g/mol. The molecular formula is C17H26N2O. The lowest BCUT2D eigenvalue weighted by Crippen LogP contribution is -2.44. The number of hydrogen-bond donors (Lipinski definition) is 2. The summed E-state index contributed by atoms with van der Waals surface area (Å²) in [6.45, 7) is 0.653. The molecule has 3 N–H and O–H groups in total. The van der Waals surface area contributed by atoms with E-state index in [1.165, 1.54) is 32.1 Å². The van der Waals surface area contributed by atoms with Crippen LogP contribution in [-0.4, -0.2) is 18.0 Å². The van der Waals surface area contributed by atoms with Crippen molar-refractivity contribution in [3.8, 4) is 0 Å². The van der Waals surface area contributed by atoms with E-state index in [0.717, 1.165) is 42.4 Å². The number of carbonyl (C=O) groups is 1. The van der Waals surface area contributed by atoms with E-state index in [2.05, 4.69) is 17.5 Å². The van der Waals surface area contributed by atoms with Gasteiger partial charge in [-0.2, -0.15) is 0 Å². The summed E-state index contributed by atoms with van der Waals surface area (Å²) < 4.78 is 0. The Labute approximate surface area is 121 Å². The molecular weight excluding hydrogens is 248 g/mol.